The van der Waals surface area contributed by atoms with E-state index < -0.39 is 0 Å². The van der Waals surface area contributed by atoms with Crippen LogP contribution < -0.4 is 5.46 Å². The second kappa shape index (κ2) is 6.97. The number of rotatable bonds is 5. The quantitative estimate of drug-likeness (QED) is 0.722. The lowest BCUT2D eigenvalue weighted by molar-refractivity contribution is 0.00578. The monoisotopic (exact) mass is 336 g/mol. The van der Waals surface area contributed by atoms with Gasteiger partial charge in [-0.25, -0.2) is 0 Å². The lowest BCUT2D eigenvalue weighted by Crippen LogP contribution is -2.41. The van der Waals surface area contributed by atoms with Gasteiger partial charge in [0.15, 0.2) is 0 Å². The van der Waals surface area contributed by atoms with Crippen LogP contribution in [-0.2, 0) is 9.31 Å². The van der Waals surface area contributed by atoms with Gasteiger partial charge in [-0.1, -0.05) is 67.9 Å². The molecule has 1 unspecified atom stereocenters. The molecule has 2 aromatic rings. The van der Waals surface area contributed by atoms with E-state index >= 15 is 0 Å². The van der Waals surface area contributed by atoms with Gasteiger partial charge in [0.2, 0.25) is 0 Å². The Morgan fingerprint density at radius 3 is 1.84 bits per heavy atom. The van der Waals surface area contributed by atoms with Crippen LogP contribution in [0.25, 0.3) is 0 Å². The Bertz CT molecular complexity index is 676. The Balaban J connectivity index is 1.82. The van der Waals surface area contributed by atoms with Gasteiger partial charge in [0.05, 0.1) is 11.2 Å². The second-order valence-electron chi connectivity index (χ2n) is 8.01. The van der Waals surface area contributed by atoms with Gasteiger partial charge in [-0.2, -0.15) is 0 Å². The summed E-state index contributed by atoms with van der Waals surface area (Å²) in [6.07, 6.45) is 2.32. The van der Waals surface area contributed by atoms with Gasteiger partial charge in [-0.05, 0) is 50.7 Å². The van der Waals surface area contributed by atoms with Gasteiger partial charge in [-0.3, -0.25) is 0 Å². The fourth-order valence-electron chi connectivity index (χ4n) is 3.36. The second-order valence-corrected chi connectivity index (χ2v) is 8.01. The summed E-state index contributed by atoms with van der Waals surface area (Å²) in [5, 5.41) is 0. The number of benzene rings is 2. The fraction of sp³-hybridized carbons (Fsp3) is 0.455. The summed E-state index contributed by atoms with van der Waals surface area (Å²) < 4.78 is 12.3. The minimum atomic E-state index is -0.300. The minimum absolute atomic E-state index is 0.291. The molecule has 2 nitrogen and oxygen atoms in total. The van der Waals surface area contributed by atoms with Crippen molar-refractivity contribution in [2.75, 3.05) is 0 Å². The van der Waals surface area contributed by atoms with E-state index in [1.807, 2.05) is 0 Å². The van der Waals surface area contributed by atoms with Crippen molar-refractivity contribution < 1.29 is 9.31 Å². The maximum absolute atomic E-state index is 6.16. The molecule has 1 atom stereocenters. The molecule has 3 rings (SSSR count). The molecule has 0 radical (unpaired) electrons. The predicted molar refractivity (Wildman–Crippen MR) is 105 cm³/mol. The molecular weight excluding hydrogens is 307 g/mol. The molecule has 0 saturated carbocycles. The predicted octanol–water partition coefficient (Wildman–Crippen LogP) is 4.92. The first-order valence-electron chi connectivity index (χ1n) is 9.34. The summed E-state index contributed by atoms with van der Waals surface area (Å²) in [7, 11) is -0.291. The highest BCUT2D eigenvalue weighted by molar-refractivity contribution is 6.62. The number of hydrogen-bond donors (Lipinski definition) is 0. The third-order valence-corrected chi connectivity index (χ3v) is 5.64. The SMILES string of the molecule is CCCC(c1ccccc1)c1ccc(B2OC(C)(C)C(C)(C)O2)cc1. The van der Waals surface area contributed by atoms with Gasteiger partial charge < -0.3 is 9.31 Å². The normalized spacial score (nSPS) is 19.8. The van der Waals surface area contributed by atoms with Crippen molar-refractivity contribution in [3.05, 3.63) is 65.7 Å². The maximum Gasteiger partial charge on any atom is 0.494 e. The van der Waals surface area contributed by atoms with Crippen LogP contribution in [0.4, 0.5) is 0 Å². The molecule has 25 heavy (non-hydrogen) atoms. The molecule has 0 N–H and O–H groups in total. The molecule has 1 aliphatic rings. The van der Waals surface area contributed by atoms with E-state index in [0.717, 1.165) is 11.9 Å². The Kier molecular flexibility index (Phi) is 5.08. The summed E-state index contributed by atoms with van der Waals surface area (Å²) in [6, 6.07) is 19.5. The zero-order chi connectivity index (χ0) is 18.1. The fourth-order valence-corrected chi connectivity index (χ4v) is 3.36. The molecule has 1 aliphatic heterocycles. The van der Waals surface area contributed by atoms with Crippen LogP contribution in [0.5, 0.6) is 0 Å². The van der Waals surface area contributed by atoms with Gasteiger partial charge in [0.1, 0.15) is 0 Å². The highest BCUT2D eigenvalue weighted by Gasteiger charge is 2.51. The molecule has 1 heterocycles. The zero-order valence-electron chi connectivity index (χ0n) is 16.1. The van der Waals surface area contributed by atoms with Gasteiger partial charge >= 0.3 is 7.12 Å². The van der Waals surface area contributed by atoms with E-state index in [0.29, 0.717) is 5.92 Å². The summed E-state index contributed by atoms with van der Waals surface area (Å²) in [6.45, 7) is 10.6. The van der Waals surface area contributed by atoms with E-state index in [4.69, 9.17) is 9.31 Å². The Labute approximate surface area is 152 Å². The van der Waals surface area contributed by atoms with Crippen molar-refractivity contribution in [1.29, 1.82) is 0 Å². The summed E-state index contributed by atoms with van der Waals surface area (Å²) >= 11 is 0. The van der Waals surface area contributed by atoms with Crippen molar-refractivity contribution >= 4 is 12.6 Å². The molecule has 2 aromatic carbocycles. The van der Waals surface area contributed by atoms with E-state index in [1.165, 1.54) is 17.5 Å². The molecule has 0 bridgehead atoms. The van der Waals surface area contributed by atoms with Crippen molar-refractivity contribution in [2.24, 2.45) is 0 Å². The van der Waals surface area contributed by atoms with Crippen LogP contribution in [0.1, 0.15) is 64.5 Å². The third kappa shape index (κ3) is 3.68. The number of hydrogen-bond acceptors (Lipinski definition) is 2. The first-order chi connectivity index (χ1) is 11.8. The van der Waals surface area contributed by atoms with E-state index in [1.54, 1.807) is 0 Å². The van der Waals surface area contributed by atoms with Crippen LogP contribution in [0.2, 0.25) is 0 Å². The Hall–Kier alpha value is -1.58. The molecule has 0 amide bonds. The molecule has 0 spiro atoms. The first kappa shape index (κ1) is 18.2. The van der Waals surface area contributed by atoms with Crippen LogP contribution in [0.15, 0.2) is 54.6 Å². The lowest BCUT2D eigenvalue weighted by atomic mass is 9.77. The molecule has 3 heteroatoms. The van der Waals surface area contributed by atoms with Gasteiger partial charge in [-0.15, -0.1) is 0 Å². The molecule has 1 fully saturated rings. The summed E-state index contributed by atoms with van der Waals surface area (Å²) in [5.41, 5.74) is 3.22. The smallest absolute Gasteiger partial charge is 0.399 e. The minimum Gasteiger partial charge on any atom is -0.399 e. The largest absolute Gasteiger partial charge is 0.494 e. The molecule has 132 valence electrons. The summed E-state index contributed by atoms with van der Waals surface area (Å²) in [5.74, 6) is 0.443. The van der Waals surface area contributed by atoms with Crippen molar-refractivity contribution in [1.82, 2.24) is 0 Å². The maximum atomic E-state index is 6.16. The standard InChI is InChI=1S/C22H29BO2/c1-6-10-20(17-11-8-7-9-12-17)18-13-15-19(16-14-18)23-24-21(2,3)22(4,5)25-23/h7-9,11-16,20H,6,10H2,1-5H3. The average molecular weight is 336 g/mol. The Morgan fingerprint density at radius 2 is 1.32 bits per heavy atom. The van der Waals surface area contributed by atoms with Crippen LogP contribution in [-0.4, -0.2) is 18.3 Å². The molecular formula is C22H29BO2. The highest BCUT2D eigenvalue weighted by atomic mass is 16.7. The van der Waals surface area contributed by atoms with Crippen molar-refractivity contribution in [2.45, 2.75) is 64.6 Å². The summed E-state index contributed by atoms with van der Waals surface area (Å²) in [4.78, 5) is 0. The Morgan fingerprint density at radius 1 is 0.800 bits per heavy atom. The van der Waals surface area contributed by atoms with Crippen molar-refractivity contribution in [3.63, 3.8) is 0 Å². The topological polar surface area (TPSA) is 18.5 Å². The first-order valence-corrected chi connectivity index (χ1v) is 9.34. The average Bonchev–Trinajstić information content (AvgIpc) is 2.81. The van der Waals surface area contributed by atoms with Crippen LogP contribution >= 0.6 is 0 Å². The van der Waals surface area contributed by atoms with E-state index in [2.05, 4.69) is 89.2 Å². The lowest BCUT2D eigenvalue weighted by Gasteiger charge is -2.32. The van der Waals surface area contributed by atoms with Crippen LogP contribution in [0, 0.1) is 0 Å². The van der Waals surface area contributed by atoms with E-state index in [9.17, 15) is 0 Å². The van der Waals surface area contributed by atoms with Crippen molar-refractivity contribution in [3.8, 4) is 0 Å². The molecule has 0 aliphatic carbocycles. The molecule has 1 saturated heterocycles. The zero-order valence-corrected chi connectivity index (χ0v) is 16.1. The highest BCUT2D eigenvalue weighted by Crippen LogP contribution is 2.36. The van der Waals surface area contributed by atoms with Gasteiger partial charge in [0, 0.05) is 5.92 Å². The van der Waals surface area contributed by atoms with Gasteiger partial charge in [0.25, 0.3) is 0 Å². The van der Waals surface area contributed by atoms with E-state index in [-0.39, 0.29) is 18.3 Å². The third-order valence-electron chi connectivity index (χ3n) is 5.64. The molecule has 0 aromatic heterocycles. The van der Waals surface area contributed by atoms with Crippen LogP contribution in [0.3, 0.4) is 0 Å².